The third kappa shape index (κ3) is 4.55. The highest BCUT2D eigenvalue weighted by Gasteiger charge is 2.26. The molecule has 1 aromatic heterocycles. The normalized spacial score (nSPS) is 15.8. The Morgan fingerprint density at radius 2 is 1.96 bits per heavy atom. The molecule has 3 rings (SSSR count). The zero-order valence-electron chi connectivity index (χ0n) is 16.1. The Kier molecular flexibility index (Phi) is 6.37. The number of benzene rings is 1. The molecule has 0 atom stereocenters. The Hall–Kier alpha value is -2.78. The monoisotopic (exact) mass is 394 g/mol. The number of fused-ring (bicyclic) bond motifs is 1. The summed E-state index contributed by atoms with van der Waals surface area (Å²) in [5.74, 6) is 0. The molecular formula is C22H25N3O2P+. The maximum atomic E-state index is 12.0. The van der Waals surface area contributed by atoms with Gasteiger partial charge in [0.1, 0.15) is 0 Å². The lowest BCUT2D eigenvalue weighted by Crippen LogP contribution is -2.31. The van der Waals surface area contributed by atoms with Crippen molar-refractivity contribution in [2.75, 3.05) is 25.4 Å². The van der Waals surface area contributed by atoms with Crippen molar-refractivity contribution in [3.8, 4) is 0 Å². The summed E-state index contributed by atoms with van der Waals surface area (Å²) in [4.78, 5) is 14.2. The lowest BCUT2D eigenvalue weighted by atomic mass is 10.0. The fourth-order valence-electron chi connectivity index (χ4n) is 3.38. The van der Waals surface area contributed by atoms with E-state index in [1.807, 2.05) is 31.2 Å². The van der Waals surface area contributed by atoms with E-state index in [1.165, 1.54) is 0 Å². The van der Waals surface area contributed by atoms with Gasteiger partial charge in [-0.2, -0.15) is 5.10 Å². The van der Waals surface area contributed by atoms with Crippen LogP contribution in [0.2, 0.25) is 0 Å². The van der Waals surface area contributed by atoms with Gasteiger partial charge in [-0.1, -0.05) is 54.2 Å². The van der Waals surface area contributed by atoms with Gasteiger partial charge in [-0.15, -0.1) is 0 Å². The minimum absolute atomic E-state index is 0.183. The molecule has 1 aliphatic heterocycles. The first-order valence-electron chi connectivity index (χ1n) is 9.32. The first kappa shape index (κ1) is 20.0. The Morgan fingerprint density at radius 3 is 2.64 bits per heavy atom. The number of aromatic amines is 1. The molecule has 0 aliphatic carbocycles. The van der Waals surface area contributed by atoms with Crippen molar-refractivity contribution in [3.63, 3.8) is 0 Å². The highest BCUT2D eigenvalue weighted by molar-refractivity contribution is 7.44. The van der Waals surface area contributed by atoms with E-state index in [2.05, 4.69) is 34.3 Å². The van der Waals surface area contributed by atoms with Gasteiger partial charge in [0.2, 0.25) is 0 Å². The molecule has 1 aromatic carbocycles. The topological polar surface area (TPSA) is 66.1 Å². The summed E-state index contributed by atoms with van der Waals surface area (Å²) in [6.45, 7) is 11.7. The van der Waals surface area contributed by atoms with Gasteiger partial charge in [0.15, 0.2) is 12.3 Å². The standard InChI is InChI=1S/C22H24N3O2P/c1-4-7-18(14-16(2)17(3)25-10-12-28(27)13-11-25)15-21-19-8-5-6-9-20(19)22(26)24-23-21/h4-9,14H,1,3,10-13,15H2,2H3/p+1/b16-14+,18-7+. The fourth-order valence-corrected chi connectivity index (χ4v) is 4.53. The summed E-state index contributed by atoms with van der Waals surface area (Å²) in [7, 11) is -1.05. The van der Waals surface area contributed by atoms with Crippen LogP contribution in [-0.2, 0) is 11.0 Å². The van der Waals surface area contributed by atoms with Gasteiger partial charge in [-0.05, 0) is 24.1 Å². The molecule has 0 amide bonds. The number of hydrogen-bond acceptors (Lipinski definition) is 4. The lowest BCUT2D eigenvalue weighted by Gasteiger charge is -2.27. The second-order valence-corrected chi connectivity index (χ2v) is 8.75. The maximum absolute atomic E-state index is 12.0. The van der Waals surface area contributed by atoms with Gasteiger partial charge in [-0.25, -0.2) is 5.10 Å². The predicted molar refractivity (Wildman–Crippen MR) is 116 cm³/mol. The molecule has 0 saturated carbocycles. The highest BCUT2D eigenvalue weighted by atomic mass is 31.1. The van der Waals surface area contributed by atoms with E-state index in [-0.39, 0.29) is 5.56 Å². The molecule has 0 unspecified atom stereocenters. The molecule has 28 heavy (non-hydrogen) atoms. The number of nitrogens with zero attached hydrogens (tertiary/aromatic N) is 2. The van der Waals surface area contributed by atoms with Crippen LogP contribution in [0.15, 0.2) is 77.3 Å². The maximum Gasteiger partial charge on any atom is 0.342 e. The van der Waals surface area contributed by atoms with E-state index >= 15 is 0 Å². The zero-order valence-corrected chi connectivity index (χ0v) is 17.0. The van der Waals surface area contributed by atoms with Crippen molar-refractivity contribution in [2.45, 2.75) is 13.3 Å². The van der Waals surface area contributed by atoms with E-state index < -0.39 is 7.80 Å². The number of aromatic nitrogens is 2. The summed E-state index contributed by atoms with van der Waals surface area (Å²) < 4.78 is 11.6. The van der Waals surface area contributed by atoms with Crippen molar-refractivity contribution < 1.29 is 4.57 Å². The fraction of sp³-hybridized carbons (Fsp3) is 0.273. The second-order valence-electron chi connectivity index (χ2n) is 6.89. The van der Waals surface area contributed by atoms with Crippen molar-refractivity contribution in [3.05, 3.63) is 88.5 Å². The summed E-state index contributed by atoms with van der Waals surface area (Å²) in [6, 6.07) is 7.49. The van der Waals surface area contributed by atoms with E-state index in [9.17, 15) is 9.36 Å². The van der Waals surface area contributed by atoms with Crippen LogP contribution >= 0.6 is 7.80 Å². The molecule has 5 nitrogen and oxygen atoms in total. The summed E-state index contributed by atoms with van der Waals surface area (Å²) in [5.41, 5.74) is 3.67. The van der Waals surface area contributed by atoms with Crippen molar-refractivity contribution in [2.24, 2.45) is 0 Å². The molecule has 0 bridgehead atoms. The van der Waals surface area contributed by atoms with Crippen molar-refractivity contribution in [1.29, 1.82) is 0 Å². The molecule has 144 valence electrons. The zero-order chi connectivity index (χ0) is 20.1. The number of H-pyrrole nitrogens is 1. The number of rotatable bonds is 6. The van der Waals surface area contributed by atoms with Gasteiger partial charge in [-0.3, -0.25) is 4.79 Å². The third-order valence-corrected chi connectivity index (χ3v) is 6.35. The van der Waals surface area contributed by atoms with Gasteiger partial charge in [0.05, 0.1) is 24.2 Å². The van der Waals surface area contributed by atoms with Gasteiger partial charge >= 0.3 is 7.80 Å². The molecule has 1 fully saturated rings. The van der Waals surface area contributed by atoms with Crippen LogP contribution in [0.1, 0.15) is 12.6 Å². The molecule has 1 N–H and O–H groups in total. The first-order chi connectivity index (χ1) is 13.5. The number of allylic oxidation sites excluding steroid dienone is 5. The average Bonchev–Trinajstić information content (AvgIpc) is 2.70. The van der Waals surface area contributed by atoms with Crippen molar-refractivity contribution >= 4 is 18.6 Å². The minimum atomic E-state index is -1.05. The predicted octanol–water partition coefficient (Wildman–Crippen LogP) is 4.18. The lowest BCUT2D eigenvalue weighted by molar-refractivity contribution is 0.380. The van der Waals surface area contributed by atoms with Gasteiger partial charge < -0.3 is 4.90 Å². The van der Waals surface area contributed by atoms with Gasteiger partial charge in [0.25, 0.3) is 5.56 Å². The van der Waals surface area contributed by atoms with Crippen LogP contribution in [0.4, 0.5) is 0 Å². The van der Waals surface area contributed by atoms with Crippen LogP contribution in [0.5, 0.6) is 0 Å². The van der Waals surface area contributed by atoms with Crippen LogP contribution in [0, 0.1) is 0 Å². The second kappa shape index (κ2) is 8.94. The molecule has 1 saturated heterocycles. The van der Waals surface area contributed by atoms with E-state index in [1.54, 1.807) is 12.1 Å². The summed E-state index contributed by atoms with van der Waals surface area (Å²) in [6.07, 6.45) is 7.81. The molecule has 6 heteroatoms. The molecule has 2 aromatic rings. The average molecular weight is 394 g/mol. The highest BCUT2D eigenvalue weighted by Crippen LogP contribution is 2.28. The Bertz CT molecular complexity index is 1040. The first-order valence-corrected chi connectivity index (χ1v) is 10.9. The van der Waals surface area contributed by atoms with Crippen LogP contribution in [-0.4, -0.2) is 40.5 Å². The van der Waals surface area contributed by atoms with E-state index in [0.717, 1.165) is 53.3 Å². The minimum Gasteiger partial charge on any atom is -0.363 e. The molecule has 1 aliphatic rings. The van der Waals surface area contributed by atoms with E-state index in [0.29, 0.717) is 11.8 Å². The van der Waals surface area contributed by atoms with Crippen molar-refractivity contribution in [1.82, 2.24) is 15.1 Å². The summed E-state index contributed by atoms with van der Waals surface area (Å²) >= 11 is 0. The Morgan fingerprint density at radius 1 is 1.29 bits per heavy atom. The number of nitrogens with one attached hydrogen (secondary N) is 1. The molecule has 0 spiro atoms. The SMILES string of the molecule is C=C/C=C(\C=C(/C)C(=C)N1CC[P+](=O)CC1)Cc1n[nH]c(=O)c2ccccc12. The smallest absolute Gasteiger partial charge is 0.342 e. The van der Waals surface area contributed by atoms with E-state index in [4.69, 9.17) is 0 Å². The Labute approximate surface area is 165 Å². The Balaban J connectivity index is 1.86. The van der Waals surface area contributed by atoms with Gasteiger partial charge in [0, 0.05) is 17.5 Å². The third-order valence-electron chi connectivity index (χ3n) is 4.96. The quantitative estimate of drug-likeness (QED) is 0.590. The number of hydrogen-bond donors (Lipinski definition) is 1. The largest absolute Gasteiger partial charge is 0.363 e. The summed E-state index contributed by atoms with van der Waals surface area (Å²) in [5, 5.41) is 8.35. The van der Waals surface area contributed by atoms with Crippen LogP contribution < -0.4 is 5.56 Å². The molecule has 0 radical (unpaired) electrons. The molecular weight excluding hydrogens is 369 g/mol. The molecule has 2 heterocycles. The van der Waals surface area contributed by atoms with Crippen LogP contribution in [0.3, 0.4) is 0 Å². The van der Waals surface area contributed by atoms with Crippen LogP contribution in [0.25, 0.3) is 10.8 Å².